The Kier molecular flexibility index (Phi) is 7.81. The number of rotatable bonds is 3. The first-order valence-electron chi connectivity index (χ1n) is 11.5. The molecule has 3 aromatic rings. The molecule has 2 amide bonds. The van der Waals surface area contributed by atoms with Crippen LogP contribution >= 0.6 is 0 Å². The molecule has 8 nitrogen and oxygen atoms in total. The zero-order chi connectivity index (χ0) is 22.9. The zero-order valence-electron chi connectivity index (χ0n) is 18.7. The molecule has 1 unspecified atom stereocenters. The monoisotopic (exact) mass is 446 g/mol. The topological polar surface area (TPSA) is 103 Å². The number of hydrogen-bond acceptors (Lipinski definition) is 5. The molecular weight excluding hydrogens is 416 g/mol. The summed E-state index contributed by atoms with van der Waals surface area (Å²) < 4.78 is 0. The minimum Gasteiger partial charge on any atom is -0.356 e. The van der Waals surface area contributed by atoms with E-state index in [2.05, 4.69) is 37.9 Å². The van der Waals surface area contributed by atoms with Crippen molar-refractivity contribution in [1.82, 2.24) is 30.7 Å². The number of nitrogens with zero attached hydrogens (tertiary/aromatic N) is 3. The molecule has 1 fully saturated rings. The fourth-order valence-electron chi connectivity index (χ4n) is 4.07. The van der Waals surface area contributed by atoms with Gasteiger partial charge in [-0.3, -0.25) is 14.7 Å². The number of nitrogens with one attached hydrogen (secondary N) is 3. The third-order valence-corrected chi connectivity index (χ3v) is 5.87. The average Bonchev–Trinajstić information content (AvgIpc) is 3.39. The van der Waals surface area contributed by atoms with Crippen LogP contribution in [0, 0.1) is 0 Å². The van der Waals surface area contributed by atoms with Crippen molar-refractivity contribution in [1.29, 1.82) is 0 Å². The highest BCUT2D eigenvalue weighted by molar-refractivity contribution is 5.94. The van der Waals surface area contributed by atoms with Gasteiger partial charge in [0.25, 0.3) is 5.91 Å². The molecule has 4 rings (SSSR count). The minimum atomic E-state index is -0.00688. The Morgan fingerprint density at radius 3 is 2.48 bits per heavy atom. The summed E-state index contributed by atoms with van der Waals surface area (Å²) in [6.45, 7) is 2.64. The maximum atomic E-state index is 13.2. The van der Waals surface area contributed by atoms with Crippen molar-refractivity contribution in [2.24, 2.45) is 0 Å². The lowest BCUT2D eigenvalue weighted by Gasteiger charge is -2.23. The molecule has 33 heavy (non-hydrogen) atoms. The highest BCUT2D eigenvalue weighted by atomic mass is 16.2. The second kappa shape index (κ2) is 11.4. The van der Waals surface area contributed by atoms with Crippen molar-refractivity contribution in [3.63, 3.8) is 0 Å². The first kappa shape index (κ1) is 22.7. The van der Waals surface area contributed by atoms with E-state index in [4.69, 9.17) is 0 Å². The van der Waals surface area contributed by atoms with Gasteiger partial charge in [-0.05, 0) is 43.5 Å². The van der Waals surface area contributed by atoms with Crippen LogP contribution in [0.25, 0.3) is 11.4 Å². The smallest absolute Gasteiger partial charge is 0.253 e. The first-order valence-corrected chi connectivity index (χ1v) is 11.5. The van der Waals surface area contributed by atoms with E-state index < -0.39 is 0 Å². The summed E-state index contributed by atoms with van der Waals surface area (Å²) in [5.74, 6) is 0.709. The standard InChI is InChI=1S/C25H30N6O2/c32-23-17-22(19-7-2-1-3-8-19)26-13-4-5-15-31(16-6-14-27-23)25(33)21-11-9-20(10-12-21)24-28-18-29-30-24/h1-3,7-12,18,22,26H,4-6,13-17H2,(H,27,32)(H,28,29,30). The Morgan fingerprint density at radius 2 is 1.73 bits per heavy atom. The summed E-state index contributed by atoms with van der Waals surface area (Å²) in [6, 6.07) is 17.5. The summed E-state index contributed by atoms with van der Waals surface area (Å²) in [6.07, 6.45) is 4.42. The molecule has 2 aromatic carbocycles. The van der Waals surface area contributed by atoms with Gasteiger partial charge in [0.1, 0.15) is 6.33 Å². The van der Waals surface area contributed by atoms with Crippen molar-refractivity contribution in [2.75, 3.05) is 26.2 Å². The van der Waals surface area contributed by atoms with Crippen molar-refractivity contribution in [3.8, 4) is 11.4 Å². The number of H-pyrrole nitrogens is 1. The normalized spacial score (nSPS) is 18.5. The van der Waals surface area contributed by atoms with Gasteiger partial charge in [-0.15, -0.1) is 0 Å². The third-order valence-electron chi connectivity index (χ3n) is 5.87. The molecule has 3 N–H and O–H groups in total. The fourth-order valence-corrected chi connectivity index (χ4v) is 4.07. The summed E-state index contributed by atoms with van der Waals surface area (Å²) in [4.78, 5) is 31.7. The second-order valence-corrected chi connectivity index (χ2v) is 8.24. The molecular formula is C25H30N6O2. The average molecular weight is 447 g/mol. The largest absolute Gasteiger partial charge is 0.356 e. The SMILES string of the molecule is O=C1CC(c2ccccc2)NCCCCN(C(=O)c2ccc(-c3ncn[nH]3)cc2)CCCN1. The summed E-state index contributed by atoms with van der Waals surface area (Å²) in [7, 11) is 0. The quantitative estimate of drug-likeness (QED) is 0.574. The Balaban J connectivity index is 1.38. The number of aromatic amines is 1. The molecule has 8 heteroatoms. The van der Waals surface area contributed by atoms with E-state index in [0.29, 0.717) is 37.4 Å². The highest BCUT2D eigenvalue weighted by Gasteiger charge is 2.18. The van der Waals surface area contributed by atoms with Crippen molar-refractivity contribution in [2.45, 2.75) is 31.7 Å². The maximum absolute atomic E-state index is 13.2. The summed E-state index contributed by atoms with van der Waals surface area (Å²) in [5, 5.41) is 13.2. The van der Waals surface area contributed by atoms with Gasteiger partial charge in [-0.25, -0.2) is 4.98 Å². The van der Waals surface area contributed by atoms with Crippen LogP contribution in [0.2, 0.25) is 0 Å². The van der Waals surface area contributed by atoms with E-state index in [1.165, 1.54) is 6.33 Å². The predicted molar refractivity (Wildman–Crippen MR) is 126 cm³/mol. The molecule has 1 aromatic heterocycles. The molecule has 1 atom stereocenters. The second-order valence-electron chi connectivity index (χ2n) is 8.24. The van der Waals surface area contributed by atoms with E-state index in [-0.39, 0.29) is 17.9 Å². The number of benzene rings is 2. The van der Waals surface area contributed by atoms with Gasteiger partial charge in [0.2, 0.25) is 5.91 Å². The Bertz CT molecular complexity index is 1020. The molecule has 2 heterocycles. The Labute approximate surface area is 193 Å². The van der Waals surface area contributed by atoms with E-state index in [1.807, 2.05) is 47.4 Å². The van der Waals surface area contributed by atoms with Crippen LogP contribution in [0.3, 0.4) is 0 Å². The highest BCUT2D eigenvalue weighted by Crippen LogP contribution is 2.18. The van der Waals surface area contributed by atoms with Crippen molar-refractivity contribution in [3.05, 3.63) is 72.1 Å². The maximum Gasteiger partial charge on any atom is 0.253 e. The van der Waals surface area contributed by atoms with Crippen molar-refractivity contribution < 1.29 is 9.59 Å². The lowest BCUT2D eigenvalue weighted by Crippen LogP contribution is -2.35. The van der Waals surface area contributed by atoms with Gasteiger partial charge in [0.15, 0.2) is 5.82 Å². The molecule has 1 aliphatic heterocycles. The molecule has 0 bridgehead atoms. The lowest BCUT2D eigenvalue weighted by molar-refractivity contribution is -0.121. The van der Waals surface area contributed by atoms with Gasteiger partial charge >= 0.3 is 0 Å². The van der Waals surface area contributed by atoms with E-state index in [0.717, 1.165) is 36.9 Å². The van der Waals surface area contributed by atoms with Crippen LogP contribution in [0.5, 0.6) is 0 Å². The van der Waals surface area contributed by atoms with Gasteiger partial charge in [0, 0.05) is 43.2 Å². The van der Waals surface area contributed by atoms with E-state index in [9.17, 15) is 9.59 Å². The molecule has 0 aliphatic carbocycles. The number of amides is 2. The van der Waals surface area contributed by atoms with Crippen LogP contribution in [0.1, 0.15) is 47.6 Å². The summed E-state index contributed by atoms with van der Waals surface area (Å²) in [5.41, 5.74) is 2.65. The zero-order valence-corrected chi connectivity index (χ0v) is 18.7. The molecule has 1 saturated heterocycles. The van der Waals surface area contributed by atoms with Crippen LogP contribution in [0.15, 0.2) is 60.9 Å². The van der Waals surface area contributed by atoms with Gasteiger partial charge in [-0.1, -0.05) is 42.5 Å². The fraction of sp³-hybridized carbons (Fsp3) is 0.360. The Hall–Kier alpha value is -3.52. The molecule has 0 spiro atoms. The van der Waals surface area contributed by atoms with Crippen LogP contribution in [0.4, 0.5) is 0 Å². The lowest BCUT2D eigenvalue weighted by atomic mass is 10.0. The first-order chi connectivity index (χ1) is 16.2. The number of aromatic nitrogens is 3. The van der Waals surface area contributed by atoms with Crippen LogP contribution < -0.4 is 10.6 Å². The number of hydrogen-bond donors (Lipinski definition) is 3. The molecule has 172 valence electrons. The predicted octanol–water partition coefficient (Wildman–Crippen LogP) is 2.94. The molecule has 1 aliphatic rings. The number of carbonyl (C=O) groups excluding carboxylic acids is 2. The Morgan fingerprint density at radius 1 is 0.939 bits per heavy atom. The number of carbonyl (C=O) groups is 2. The molecule has 0 saturated carbocycles. The third kappa shape index (κ3) is 6.26. The van der Waals surface area contributed by atoms with E-state index in [1.54, 1.807) is 0 Å². The van der Waals surface area contributed by atoms with Gasteiger partial charge in [0.05, 0.1) is 0 Å². The van der Waals surface area contributed by atoms with Crippen molar-refractivity contribution >= 4 is 11.8 Å². The van der Waals surface area contributed by atoms with E-state index >= 15 is 0 Å². The molecule has 0 radical (unpaired) electrons. The van der Waals surface area contributed by atoms with Crippen LogP contribution in [-0.2, 0) is 4.79 Å². The van der Waals surface area contributed by atoms with Gasteiger partial charge in [-0.2, -0.15) is 5.10 Å². The minimum absolute atomic E-state index is 0.00688. The summed E-state index contributed by atoms with van der Waals surface area (Å²) >= 11 is 0. The van der Waals surface area contributed by atoms with Gasteiger partial charge < -0.3 is 15.5 Å². The van der Waals surface area contributed by atoms with Crippen LogP contribution in [-0.4, -0.2) is 58.1 Å².